The van der Waals surface area contributed by atoms with Crippen LogP contribution in [-0.2, 0) is 25.6 Å². The summed E-state index contributed by atoms with van der Waals surface area (Å²) in [4.78, 5) is 54.8. The van der Waals surface area contributed by atoms with Crippen molar-refractivity contribution in [2.45, 2.75) is 43.8 Å². The lowest BCUT2D eigenvalue weighted by atomic mass is 10.0. The topological polar surface area (TPSA) is 239 Å². The first-order valence-corrected chi connectivity index (χ1v) is 10.5. The molecule has 0 aliphatic rings. The minimum Gasteiger partial charge on any atom is -0.481 e. The number of hydrogen-bond donors (Lipinski definition) is 8. The first kappa shape index (κ1) is 26.1. The maximum Gasteiger partial charge on any atom is 0.326 e. The summed E-state index contributed by atoms with van der Waals surface area (Å²) < 4.78 is 0. The van der Waals surface area contributed by atoms with Crippen LogP contribution in [0.1, 0.15) is 24.8 Å². The Morgan fingerprint density at radius 3 is 2.35 bits per heavy atom. The van der Waals surface area contributed by atoms with Crippen LogP contribution in [0, 0.1) is 0 Å². The molecule has 1 heterocycles. The van der Waals surface area contributed by atoms with Crippen LogP contribution < -0.4 is 27.8 Å². The van der Waals surface area contributed by atoms with Crippen molar-refractivity contribution in [1.82, 2.24) is 15.6 Å². The quantitative estimate of drug-likeness (QED) is 0.0965. The van der Waals surface area contributed by atoms with Crippen molar-refractivity contribution in [1.29, 1.82) is 0 Å². The van der Waals surface area contributed by atoms with Gasteiger partial charge in [-0.15, -0.1) is 0 Å². The van der Waals surface area contributed by atoms with Crippen molar-refractivity contribution in [3.63, 3.8) is 0 Å². The molecule has 184 valence electrons. The highest BCUT2D eigenvalue weighted by atomic mass is 16.4. The third kappa shape index (κ3) is 7.78. The normalized spacial score (nSPS) is 13.4. The van der Waals surface area contributed by atoms with Crippen LogP contribution in [0.3, 0.4) is 0 Å². The van der Waals surface area contributed by atoms with Gasteiger partial charge >= 0.3 is 11.9 Å². The number of carbonyl (C=O) groups excluding carboxylic acids is 2. The Labute approximate surface area is 194 Å². The third-order valence-corrected chi connectivity index (χ3v) is 5.02. The number of guanidine groups is 1. The van der Waals surface area contributed by atoms with Gasteiger partial charge in [-0.2, -0.15) is 0 Å². The van der Waals surface area contributed by atoms with Gasteiger partial charge in [-0.1, -0.05) is 18.2 Å². The summed E-state index contributed by atoms with van der Waals surface area (Å²) in [7, 11) is 0. The van der Waals surface area contributed by atoms with E-state index >= 15 is 0 Å². The molecule has 11 N–H and O–H groups in total. The number of para-hydroxylation sites is 1. The summed E-state index contributed by atoms with van der Waals surface area (Å²) in [6, 6.07) is 3.49. The van der Waals surface area contributed by atoms with E-state index in [0.29, 0.717) is 5.56 Å². The van der Waals surface area contributed by atoms with Crippen molar-refractivity contribution >= 4 is 40.6 Å². The molecule has 2 amide bonds. The molecule has 0 spiro atoms. The number of carboxylic acids is 2. The second-order valence-corrected chi connectivity index (χ2v) is 7.68. The van der Waals surface area contributed by atoms with Crippen LogP contribution in [0.4, 0.5) is 0 Å². The molecule has 1 aromatic carbocycles. The fourth-order valence-corrected chi connectivity index (χ4v) is 3.32. The predicted molar refractivity (Wildman–Crippen MR) is 124 cm³/mol. The molecule has 13 heteroatoms. The fraction of sp³-hybridized carbons (Fsp3) is 0.381. The number of hydrogen-bond acceptors (Lipinski definition) is 6. The summed E-state index contributed by atoms with van der Waals surface area (Å²) in [5.41, 5.74) is 17.7. The number of amides is 2. The highest BCUT2D eigenvalue weighted by molar-refractivity contribution is 5.93. The van der Waals surface area contributed by atoms with Gasteiger partial charge in [0.1, 0.15) is 12.1 Å². The van der Waals surface area contributed by atoms with E-state index in [9.17, 15) is 24.3 Å². The van der Waals surface area contributed by atoms with E-state index in [0.717, 1.165) is 10.9 Å². The zero-order valence-electron chi connectivity index (χ0n) is 18.4. The average Bonchev–Trinajstić information content (AvgIpc) is 3.17. The van der Waals surface area contributed by atoms with Crippen LogP contribution in [0.2, 0.25) is 0 Å². The second-order valence-electron chi connectivity index (χ2n) is 7.68. The Balaban J connectivity index is 2.13. The van der Waals surface area contributed by atoms with E-state index < -0.39 is 48.3 Å². The summed E-state index contributed by atoms with van der Waals surface area (Å²) in [5.74, 6) is -4.29. The molecule has 3 atom stereocenters. The number of aromatic amines is 1. The smallest absolute Gasteiger partial charge is 0.326 e. The van der Waals surface area contributed by atoms with Crippen molar-refractivity contribution < 1.29 is 29.4 Å². The fourth-order valence-electron chi connectivity index (χ4n) is 3.32. The molecule has 0 aliphatic heterocycles. The van der Waals surface area contributed by atoms with Gasteiger partial charge in [-0.05, 0) is 24.5 Å². The van der Waals surface area contributed by atoms with E-state index in [1.165, 1.54) is 0 Å². The van der Waals surface area contributed by atoms with Gasteiger partial charge in [0.2, 0.25) is 11.8 Å². The molecule has 0 radical (unpaired) electrons. The van der Waals surface area contributed by atoms with Crippen LogP contribution in [0.25, 0.3) is 10.9 Å². The maximum absolute atomic E-state index is 12.9. The Morgan fingerprint density at radius 2 is 1.71 bits per heavy atom. The van der Waals surface area contributed by atoms with Gasteiger partial charge in [0.25, 0.3) is 0 Å². The Bertz CT molecular complexity index is 1060. The van der Waals surface area contributed by atoms with E-state index in [2.05, 4.69) is 20.6 Å². The number of nitrogens with one attached hydrogen (secondary N) is 3. The van der Waals surface area contributed by atoms with Gasteiger partial charge in [0.15, 0.2) is 5.96 Å². The number of aliphatic imine (C=N–C) groups is 1. The lowest BCUT2D eigenvalue weighted by Crippen LogP contribution is -2.55. The van der Waals surface area contributed by atoms with Crippen LogP contribution >= 0.6 is 0 Å². The third-order valence-electron chi connectivity index (χ3n) is 5.02. The zero-order chi connectivity index (χ0) is 25.3. The standard InChI is InChI=1S/C21H29N7O6/c22-13(9-17(29)30)18(31)27-15(6-3-7-25-21(23)24)19(32)28-16(20(33)34)8-11-10-26-14-5-2-1-4-12(11)14/h1-2,4-5,10,13,15-16,26H,3,6-9,22H2,(H,27,31)(H,28,32)(H,29,30)(H,33,34)(H4,23,24,25). The SMILES string of the molecule is NC(N)=NCCCC(NC(=O)C(N)CC(=O)O)C(=O)NC(Cc1c[nH]c2ccccc12)C(=O)O. The summed E-state index contributed by atoms with van der Waals surface area (Å²) in [5, 5.41) is 24.2. The molecule has 0 fully saturated rings. The molecular formula is C21H29N7O6. The molecule has 3 unspecified atom stereocenters. The van der Waals surface area contributed by atoms with E-state index in [4.69, 9.17) is 22.3 Å². The number of carboxylic acid groups (broad SMARTS) is 2. The molecule has 0 aliphatic carbocycles. The molecule has 1 aromatic heterocycles. The molecule has 34 heavy (non-hydrogen) atoms. The van der Waals surface area contributed by atoms with E-state index in [1.54, 1.807) is 6.20 Å². The highest BCUT2D eigenvalue weighted by Gasteiger charge is 2.29. The monoisotopic (exact) mass is 475 g/mol. The minimum absolute atomic E-state index is 0.00170. The Hall–Kier alpha value is -4.13. The molecule has 2 rings (SSSR count). The molecule has 0 saturated heterocycles. The number of aliphatic carboxylic acids is 2. The van der Waals surface area contributed by atoms with Gasteiger partial charge in [0.05, 0.1) is 12.5 Å². The van der Waals surface area contributed by atoms with E-state index in [-0.39, 0.29) is 31.8 Å². The van der Waals surface area contributed by atoms with Crippen LogP contribution in [-0.4, -0.2) is 69.6 Å². The Kier molecular flexibility index (Phi) is 9.38. The summed E-state index contributed by atoms with van der Waals surface area (Å²) in [6.07, 6.45) is 1.38. The van der Waals surface area contributed by atoms with Crippen molar-refractivity contribution in [3.8, 4) is 0 Å². The largest absolute Gasteiger partial charge is 0.481 e. The highest BCUT2D eigenvalue weighted by Crippen LogP contribution is 2.19. The van der Waals surface area contributed by atoms with Crippen molar-refractivity contribution in [3.05, 3.63) is 36.0 Å². The maximum atomic E-state index is 12.9. The van der Waals surface area contributed by atoms with Gasteiger partial charge < -0.3 is 43.0 Å². The number of nitrogens with zero attached hydrogens (tertiary/aromatic N) is 1. The number of H-pyrrole nitrogens is 1. The first-order valence-electron chi connectivity index (χ1n) is 10.5. The molecular weight excluding hydrogens is 446 g/mol. The van der Waals surface area contributed by atoms with Gasteiger partial charge in [0, 0.05) is 30.1 Å². The molecule has 0 bridgehead atoms. The number of carbonyl (C=O) groups is 4. The van der Waals surface area contributed by atoms with Crippen molar-refractivity contribution in [2.75, 3.05) is 6.54 Å². The molecule has 0 saturated carbocycles. The molecule has 2 aromatic rings. The van der Waals surface area contributed by atoms with E-state index in [1.807, 2.05) is 24.3 Å². The van der Waals surface area contributed by atoms with Crippen molar-refractivity contribution in [2.24, 2.45) is 22.2 Å². The van der Waals surface area contributed by atoms with Crippen LogP contribution in [0.15, 0.2) is 35.5 Å². The van der Waals surface area contributed by atoms with Gasteiger partial charge in [-0.25, -0.2) is 4.79 Å². The average molecular weight is 476 g/mol. The number of nitrogens with two attached hydrogens (primary N) is 3. The van der Waals surface area contributed by atoms with Crippen LogP contribution in [0.5, 0.6) is 0 Å². The summed E-state index contributed by atoms with van der Waals surface area (Å²) >= 11 is 0. The lowest BCUT2D eigenvalue weighted by Gasteiger charge is -2.22. The second kappa shape index (κ2) is 12.2. The lowest BCUT2D eigenvalue weighted by molar-refractivity contribution is -0.142. The number of fused-ring (bicyclic) bond motifs is 1. The minimum atomic E-state index is -1.38. The molecule has 13 nitrogen and oxygen atoms in total. The first-order chi connectivity index (χ1) is 16.1. The zero-order valence-corrected chi connectivity index (χ0v) is 18.4. The summed E-state index contributed by atoms with van der Waals surface area (Å²) in [6.45, 7) is 0.168. The number of aromatic nitrogens is 1. The van der Waals surface area contributed by atoms with Gasteiger partial charge in [-0.3, -0.25) is 19.4 Å². The predicted octanol–water partition coefficient (Wildman–Crippen LogP) is -1.38. The Morgan fingerprint density at radius 1 is 1.03 bits per heavy atom. The number of rotatable bonds is 13. The number of benzene rings is 1.